The van der Waals surface area contributed by atoms with Crippen LogP contribution in [0.4, 0.5) is 0 Å². The Balaban J connectivity index is 1.34. The molecule has 1 heterocycles. The number of rotatable bonds is 15. The third kappa shape index (κ3) is 8.76. The second-order valence-electron chi connectivity index (χ2n) is 8.52. The summed E-state index contributed by atoms with van der Waals surface area (Å²) in [6, 6.07) is 16.2. The molecule has 0 unspecified atom stereocenters. The molecule has 0 spiro atoms. The molecule has 0 atom stereocenters. The highest BCUT2D eigenvalue weighted by Gasteiger charge is 2.08. The first-order chi connectivity index (χ1) is 15.7. The normalized spacial score (nSPS) is 11.2. The zero-order valence-electron chi connectivity index (χ0n) is 19.3. The summed E-state index contributed by atoms with van der Waals surface area (Å²) in [4.78, 5) is 4.58. The number of hydrogen-bond donors (Lipinski definition) is 1. The van der Waals surface area contributed by atoms with Gasteiger partial charge in [-0.15, -0.1) is 0 Å². The van der Waals surface area contributed by atoms with Gasteiger partial charge >= 0.3 is 0 Å². The smallest absolute Gasteiger partial charge is 0.257 e. The molecule has 0 aliphatic rings. The highest BCUT2D eigenvalue weighted by molar-refractivity contribution is 6.30. The minimum atomic E-state index is 0.606. The van der Waals surface area contributed by atoms with E-state index in [2.05, 4.69) is 40.6 Å². The molecule has 2 aromatic carbocycles. The Bertz CT molecular complexity index is 907. The number of hydrogen-bond acceptors (Lipinski definition) is 4. The molecule has 32 heavy (non-hydrogen) atoms. The molecule has 1 N–H and O–H groups in total. The lowest BCUT2D eigenvalue weighted by Gasteiger charge is -2.06. The Morgan fingerprint density at radius 3 is 2.22 bits per heavy atom. The third-order valence-corrected chi connectivity index (χ3v) is 5.96. The number of nitrogens with zero attached hydrogens (tertiary/aromatic N) is 2. The van der Waals surface area contributed by atoms with Crippen LogP contribution in [0.5, 0.6) is 0 Å². The second-order valence-corrected chi connectivity index (χ2v) is 8.96. The summed E-state index contributed by atoms with van der Waals surface area (Å²) in [5.74, 6) is 1.42. The van der Waals surface area contributed by atoms with E-state index >= 15 is 0 Å². The Morgan fingerprint density at radius 2 is 1.50 bits per heavy atom. The van der Waals surface area contributed by atoms with Crippen molar-refractivity contribution in [1.29, 1.82) is 0 Å². The number of halogens is 1. The van der Waals surface area contributed by atoms with Crippen molar-refractivity contribution in [1.82, 2.24) is 15.5 Å². The molecule has 1 aromatic heterocycles. The molecular formula is C27H36ClN3O. The summed E-state index contributed by atoms with van der Waals surface area (Å²) >= 11 is 6.04. The average Bonchev–Trinajstić information content (AvgIpc) is 3.27. The molecule has 0 amide bonds. The molecule has 0 aliphatic heterocycles. The van der Waals surface area contributed by atoms with Gasteiger partial charge in [0.1, 0.15) is 0 Å². The van der Waals surface area contributed by atoms with E-state index in [4.69, 9.17) is 16.1 Å². The Labute approximate surface area is 197 Å². The zero-order valence-corrected chi connectivity index (χ0v) is 20.0. The summed E-state index contributed by atoms with van der Waals surface area (Å²) < 4.78 is 5.48. The van der Waals surface area contributed by atoms with Gasteiger partial charge in [0.05, 0.1) is 0 Å². The lowest BCUT2D eigenvalue weighted by Crippen LogP contribution is -2.12. The van der Waals surface area contributed by atoms with Gasteiger partial charge in [-0.1, -0.05) is 99.3 Å². The lowest BCUT2D eigenvalue weighted by molar-refractivity contribution is 0.421. The summed E-state index contributed by atoms with van der Waals surface area (Å²) in [6.07, 6.45) is 12.8. The fourth-order valence-electron chi connectivity index (χ4n) is 3.83. The van der Waals surface area contributed by atoms with Crippen LogP contribution in [0.25, 0.3) is 11.5 Å². The van der Waals surface area contributed by atoms with Crippen LogP contribution in [0.3, 0.4) is 0 Å². The van der Waals surface area contributed by atoms with E-state index in [1.807, 2.05) is 30.3 Å². The van der Waals surface area contributed by atoms with Gasteiger partial charge in [0.2, 0.25) is 0 Å². The van der Waals surface area contributed by atoms with Crippen LogP contribution in [0.1, 0.15) is 81.7 Å². The topological polar surface area (TPSA) is 51.0 Å². The Kier molecular flexibility index (Phi) is 10.8. The molecule has 4 nitrogen and oxygen atoms in total. The van der Waals surface area contributed by atoms with Crippen molar-refractivity contribution in [2.24, 2.45) is 0 Å². The SMILES string of the molecule is CCCCCCCCCCCc1noc(-c2ccc(CNCc3cccc(Cl)c3)cc2)n1. The van der Waals surface area contributed by atoms with Crippen LogP contribution in [-0.4, -0.2) is 10.1 Å². The van der Waals surface area contributed by atoms with Gasteiger partial charge in [0, 0.05) is 30.1 Å². The summed E-state index contributed by atoms with van der Waals surface area (Å²) in [6.45, 7) is 3.84. The highest BCUT2D eigenvalue weighted by Crippen LogP contribution is 2.19. The van der Waals surface area contributed by atoms with Gasteiger partial charge in [-0.2, -0.15) is 4.98 Å². The molecule has 0 radical (unpaired) electrons. The molecule has 0 fully saturated rings. The molecule has 0 saturated carbocycles. The third-order valence-electron chi connectivity index (χ3n) is 5.72. The van der Waals surface area contributed by atoms with Crippen molar-refractivity contribution in [2.45, 2.75) is 84.2 Å². The van der Waals surface area contributed by atoms with Crippen molar-refractivity contribution in [3.05, 3.63) is 70.5 Å². The summed E-state index contributed by atoms with van der Waals surface area (Å²) in [7, 11) is 0. The van der Waals surface area contributed by atoms with Crippen molar-refractivity contribution < 1.29 is 4.52 Å². The van der Waals surface area contributed by atoms with E-state index in [1.165, 1.54) is 62.5 Å². The minimum absolute atomic E-state index is 0.606. The van der Waals surface area contributed by atoms with Crippen molar-refractivity contribution >= 4 is 11.6 Å². The van der Waals surface area contributed by atoms with Gasteiger partial charge in [0.15, 0.2) is 5.82 Å². The quantitative estimate of drug-likeness (QED) is 0.239. The number of benzene rings is 2. The minimum Gasteiger partial charge on any atom is -0.334 e. The second kappa shape index (κ2) is 14.1. The monoisotopic (exact) mass is 453 g/mol. The van der Waals surface area contributed by atoms with Gasteiger partial charge in [-0.3, -0.25) is 0 Å². The largest absolute Gasteiger partial charge is 0.334 e. The number of nitrogens with one attached hydrogen (secondary N) is 1. The molecular weight excluding hydrogens is 418 g/mol. The number of aryl methyl sites for hydroxylation is 1. The zero-order chi connectivity index (χ0) is 22.4. The van der Waals surface area contributed by atoms with Crippen molar-refractivity contribution in [2.75, 3.05) is 0 Å². The maximum atomic E-state index is 6.04. The standard InChI is InChI=1S/C27H36ClN3O/c1-2-3-4-5-6-7-8-9-10-14-26-30-27(32-31-26)24-17-15-22(16-18-24)20-29-21-23-12-11-13-25(28)19-23/h11-13,15-19,29H,2-10,14,20-21H2,1H3. The van der Waals surface area contributed by atoms with E-state index in [9.17, 15) is 0 Å². The van der Waals surface area contributed by atoms with Gasteiger partial charge < -0.3 is 9.84 Å². The maximum absolute atomic E-state index is 6.04. The first-order valence-electron chi connectivity index (χ1n) is 12.1. The molecule has 0 bridgehead atoms. The van der Waals surface area contributed by atoms with Crippen LogP contribution in [-0.2, 0) is 19.5 Å². The molecule has 5 heteroatoms. The van der Waals surface area contributed by atoms with Crippen molar-refractivity contribution in [3.8, 4) is 11.5 Å². The summed E-state index contributed by atoms with van der Waals surface area (Å²) in [5.41, 5.74) is 3.36. The highest BCUT2D eigenvalue weighted by atomic mass is 35.5. The first kappa shape index (κ1) is 24.5. The van der Waals surface area contributed by atoms with E-state index in [1.54, 1.807) is 0 Å². The maximum Gasteiger partial charge on any atom is 0.257 e. The fraction of sp³-hybridized carbons (Fsp3) is 0.481. The number of aromatic nitrogens is 2. The first-order valence-corrected chi connectivity index (χ1v) is 12.5. The molecule has 172 valence electrons. The van der Waals surface area contributed by atoms with Crippen LogP contribution >= 0.6 is 11.6 Å². The van der Waals surface area contributed by atoms with Crippen LogP contribution in [0, 0.1) is 0 Å². The van der Waals surface area contributed by atoms with E-state index in [-0.39, 0.29) is 0 Å². The van der Waals surface area contributed by atoms with Crippen molar-refractivity contribution in [3.63, 3.8) is 0 Å². The van der Waals surface area contributed by atoms with Gasteiger partial charge in [-0.05, 0) is 41.8 Å². The van der Waals surface area contributed by atoms with E-state index < -0.39 is 0 Å². The molecule has 3 aromatic rings. The molecule has 0 saturated heterocycles. The molecule has 0 aliphatic carbocycles. The lowest BCUT2D eigenvalue weighted by atomic mass is 10.1. The van der Waals surface area contributed by atoms with Gasteiger partial charge in [0.25, 0.3) is 5.89 Å². The van der Waals surface area contributed by atoms with Crippen LogP contribution in [0.15, 0.2) is 53.1 Å². The van der Waals surface area contributed by atoms with E-state index in [0.29, 0.717) is 5.89 Å². The number of unbranched alkanes of at least 4 members (excludes halogenated alkanes) is 8. The Hall–Kier alpha value is -2.17. The predicted octanol–water partition coefficient (Wildman–Crippen LogP) is 7.75. The summed E-state index contributed by atoms with van der Waals surface area (Å²) in [5, 5.41) is 8.38. The van der Waals surface area contributed by atoms with Gasteiger partial charge in [-0.25, -0.2) is 0 Å². The fourth-order valence-corrected chi connectivity index (χ4v) is 4.04. The molecule has 3 rings (SSSR count). The predicted molar refractivity (Wildman–Crippen MR) is 133 cm³/mol. The van der Waals surface area contributed by atoms with E-state index in [0.717, 1.165) is 42.3 Å². The average molecular weight is 454 g/mol. The Morgan fingerprint density at radius 1 is 0.812 bits per heavy atom. The van der Waals surface area contributed by atoms with Crippen LogP contribution < -0.4 is 5.32 Å². The van der Waals surface area contributed by atoms with Crippen LogP contribution in [0.2, 0.25) is 5.02 Å².